The van der Waals surface area contributed by atoms with Gasteiger partial charge in [-0.05, 0) is 37.8 Å². The van der Waals surface area contributed by atoms with E-state index < -0.39 is 0 Å². The Morgan fingerprint density at radius 3 is 2.25 bits per heavy atom. The largest absolute Gasteiger partial charge is 0.312 e. The van der Waals surface area contributed by atoms with Gasteiger partial charge in [0.15, 0.2) is 0 Å². The van der Waals surface area contributed by atoms with Crippen LogP contribution < -0.4 is 5.32 Å². The van der Waals surface area contributed by atoms with Crippen LogP contribution in [0.5, 0.6) is 0 Å². The topological polar surface area (TPSA) is 12.0 Å². The summed E-state index contributed by atoms with van der Waals surface area (Å²) in [4.78, 5) is 3.04. The lowest BCUT2D eigenvalue weighted by molar-refractivity contribution is 0.373. The second-order valence-corrected chi connectivity index (χ2v) is 6.27. The maximum absolute atomic E-state index is 3.59. The van der Waals surface area contributed by atoms with Gasteiger partial charge in [-0.2, -0.15) is 0 Å². The second kappa shape index (κ2) is 6.41. The third-order valence-electron chi connectivity index (χ3n) is 3.04. The molecule has 1 heterocycles. The predicted molar refractivity (Wildman–Crippen MR) is 74.3 cm³/mol. The van der Waals surface area contributed by atoms with Gasteiger partial charge in [-0.3, -0.25) is 0 Å². The molecular formula is C14H25NS. The molecule has 1 nitrogen and oxygen atoms in total. The summed E-state index contributed by atoms with van der Waals surface area (Å²) in [5.74, 6) is 0.700. The molecule has 16 heavy (non-hydrogen) atoms. The molecule has 0 bridgehead atoms. The molecule has 1 aromatic rings. The molecule has 1 rings (SSSR count). The minimum absolute atomic E-state index is 0.576. The molecule has 0 aliphatic heterocycles. The Hall–Kier alpha value is -0.340. The molecule has 0 spiro atoms. The first-order valence-electron chi connectivity index (χ1n) is 6.36. The van der Waals surface area contributed by atoms with Crippen LogP contribution >= 0.6 is 11.3 Å². The van der Waals surface area contributed by atoms with Crippen molar-refractivity contribution >= 4 is 11.3 Å². The minimum atomic E-state index is 0.576. The van der Waals surface area contributed by atoms with E-state index in [1.165, 1.54) is 22.6 Å². The summed E-state index contributed by atoms with van der Waals surface area (Å²) in [7, 11) is 0. The summed E-state index contributed by atoms with van der Waals surface area (Å²) in [6, 6.07) is 5.73. The van der Waals surface area contributed by atoms with Gasteiger partial charge in [0.1, 0.15) is 0 Å². The monoisotopic (exact) mass is 239 g/mol. The quantitative estimate of drug-likeness (QED) is 0.794. The molecule has 0 radical (unpaired) electrons. The van der Waals surface area contributed by atoms with Gasteiger partial charge < -0.3 is 5.32 Å². The predicted octanol–water partition coefficient (Wildman–Crippen LogP) is 3.88. The van der Waals surface area contributed by atoms with Crippen LogP contribution in [-0.4, -0.2) is 12.1 Å². The lowest BCUT2D eigenvalue weighted by Crippen LogP contribution is -2.37. The van der Waals surface area contributed by atoms with Crippen LogP contribution in [0.15, 0.2) is 12.1 Å². The van der Waals surface area contributed by atoms with E-state index in [0.29, 0.717) is 18.0 Å². The van der Waals surface area contributed by atoms with Crippen molar-refractivity contribution in [1.82, 2.24) is 5.32 Å². The molecule has 2 heteroatoms. The molecule has 0 aromatic carbocycles. The van der Waals surface area contributed by atoms with Gasteiger partial charge in [-0.15, -0.1) is 11.3 Å². The highest BCUT2D eigenvalue weighted by Gasteiger charge is 2.14. The zero-order chi connectivity index (χ0) is 12.1. The number of nitrogens with one attached hydrogen (secondary N) is 1. The molecule has 2 atom stereocenters. The van der Waals surface area contributed by atoms with Gasteiger partial charge in [0.05, 0.1) is 0 Å². The first-order valence-corrected chi connectivity index (χ1v) is 7.18. The van der Waals surface area contributed by atoms with Crippen molar-refractivity contribution in [3.8, 4) is 0 Å². The van der Waals surface area contributed by atoms with Gasteiger partial charge in [0.2, 0.25) is 0 Å². The lowest BCUT2D eigenvalue weighted by Gasteiger charge is -2.23. The molecule has 0 saturated heterocycles. The molecule has 0 saturated carbocycles. The zero-order valence-corrected chi connectivity index (χ0v) is 12.0. The van der Waals surface area contributed by atoms with Gasteiger partial charge in [0, 0.05) is 21.8 Å². The molecular weight excluding hydrogens is 214 g/mol. The normalized spacial score (nSPS) is 15.4. The highest BCUT2D eigenvalue weighted by atomic mass is 32.1. The Labute approximate surface area is 104 Å². The summed E-state index contributed by atoms with van der Waals surface area (Å²) in [5, 5.41) is 3.59. The van der Waals surface area contributed by atoms with Crippen LogP contribution in [0.4, 0.5) is 0 Å². The van der Waals surface area contributed by atoms with E-state index in [1.807, 2.05) is 11.3 Å². The van der Waals surface area contributed by atoms with E-state index in [1.54, 1.807) is 0 Å². The third kappa shape index (κ3) is 4.26. The van der Waals surface area contributed by atoms with Crippen LogP contribution in [0.3, 0.4) is 0 Å². The summed E-state index contributed by atoms with van der Waals surface area (Å²) in [5.41, 5.74) is 0. The Bertz CT molecular complexity index is 303. The summed E-state index contributed by atoms with van der Waals surface area (Å²) >= 11 is 1.97. The van der Waals surface area contributed by atoms with Crippen molar-refractivity contribution in [2.24, 2.45) is 5.92 Å². The van der Waals surface area contributed by atoms with E-state index >= 15 is 0 Å². The lowest BCUT2D eigenvalue weighted by atomic mass is 9.98. The molecule has 0 amide bonds. The number of hydrogen-bond acceptors (Lipinski definition) is 2. The van der Waals surface area contributed by atoms with Crippen molar-refractivity contribution in [3.05, 3.63) is 21.9 Å². The van der Waals surface area contributed by atoms with Crippen molar-refractivity contribution in [1.29, 1.82) is 0 Å². The number of aryl methyl sites for hydroxylation is 1. The van der Waals surface area contributed by atoms with Gasteiger partial charge >= 0.3 is 0 Å². The molecule has 0 aliphatic rings. The minimum Gasteiger partial charge on any atom is -0.312 e. The maximum atomic E-state index is 3.59. The Balaban J connectivity index is 2.46. The van der Waals surface area contributed by atoms with Crippen molar-refractivity contribution in [3.63, 3.8) is 0 Å². The second-order valence-electron chi connectivity index (χ2n) is 5.01. The molecule has 1 N–H and O–H groups in total. The third-order valence-corrected chi connectivity index (χ3v) is 4.29. The molecule has 0 fully saturated rings. The number of hydrogen-bond donors (Lipinski definition) is 1. The first-order chi connectivity index (χ1) is 7.52. The van der Waals surface area contributed by atoms with Gasteiger partial charge in [-0.1, -0.05) is 27.7 Å². The van der Waals surface area contributed by atoms with Crippen LogP contribution in [0.25, 0.3) is 0 Å². The van der Waals surface area contributed by atoms with E-state index in [0.717, 1.165) is 0 Å². The fourth-order valence-electron chi connectivity index (χ4n) is 1.91. The van der Waals surface area contributed by atoms with Crippen molar-refractivity contribution < 1.29 is 0 Å². The molecule has 2 unspecified atom stereocenters. The molecule has 92 valence electrons. The van der Waals surface area contributed by atoms with Gasteiger partial charge in [0.25, 0.3) is 0 Å². The average molecular weight is 239 g/mol. The zero-order valence-electron chi connectivity index (χ0n) is 11.2. The fraction of sp³-hybridized carbons (Fsp3) is 0.714. The maximum Gasteiger partial charge on any atom is 0.00701 e. The first kappa shape index (κ1) is 13.7. The van der Waals surface area contributed by atoms with Crippen LogP contribution in [-0.2, 0) is 12.8 Å². The van der Waals surface area contributed by atoms with Crippen LogP contribution in [0.2, 0.25) is 0 Å². The van der Waals surface area contributed by atoms with E-state index in [-0.39, 0.29) is 0 Å². The Morgan fingerprint density at radius 2 is 1.75 bits per heavy atom. The highest BCUT2D eigenvalue weighted by molar-refractivity contribution is 7.11. The number of rotatable bonds is 6. The Morgan fingerprint density at radius 1 is 1.12 bits per heavy atom. The summed E-state index contributed by atoms with van der Waals surface area (Å²) < 4.78 is 0. The van der Waals surface area contributed by atoms with Gasteiger partial charge in [-0.25, -0.2) is 0 Å². The fourth-order valence-corrected chi connectivity index (χ4v) is 3.01. The average Bonchev–Trinajstić information content (AvgIpc) is 2.64. The smallest absolute Gasteiger partial charge is 0.00701 e. The van der Waals surface area contributed by atoms with E-state index in [9.17, 15) is 0 Å². The summed E-state index contributed by atoms with van der Waals surface area (Å²) in [6.07, 6.45) is 2.37. The summed E-state index contributed by atoms with van der Waals surface area (Å²) in [6.45, 7) is 11.3. The molecule has 0 aliphatic carbocycles. The Kier molecular flexibility index (Phi) is 5.50. The van der Waals surface area contributed by atoms with Crippen LogP contribution in [0, 0.1) is 5.92 Å². The van der Waals surface area contributed by atoms with Crippen LogP contribution in [0.1, 0.15) is 44.4 Å². The van der Waals surface area contributed by atoms with E-state index in [4.69, 9.17) is 0 Å². The van der Waals surface area contributed by atoms with E-state index in [2.05, 4.69) is 52.1 Å². The standard InChI is InChI=1S/C14H25NS/c1-6-13-7-8-14(16-13)9-11(4)12(5)15-10(2)3/h7-8,10-12,15H,6,9H2,1-5H3. The molecule has 1 aromatic heterocycles. The highest BCUT2D eigenvalue weighted by Crippen LogP contribution is 2.21. The SMILES string of the molecule is CCc1ccc(CC(C)C(C)NC(C)C)s1. The van der Waals surface area contributed by atoms with Crippen molar-refractivity contribution in [2.75, 3.05) is 0 Å². The van der Waals surface area contributed by atoms with Crippen molar-refractivity contribution in [2.45, 2.75) is 59.5 Å². The number of thiophene rings is 1.